The molecule has 7 aliphatic carbocycles. The number of hydrogen-bond acceptors (Lipinski definition) is 1. The molecule has 0 nitrogen and oxygen atoms in total. The van der Waals surface area contributed by atoms with E-state index in [1.807, 2.05) is 0 Å². The molecule has 13 unspecified atom stereocenters. The third-order valence-electron chi connectivity index (χ3n) is 15.2. The predicted molar refractivity (Wildman–Crippen MR) is 170 cm³/mol. The Morgan fingerprint density at radius 3 is 1.87 bits per heavy atom. The fraction of sp³-hybridized carbons (Fsp3) is 1.00. The van der Waals surface area contributed by atoms with Crippen molar-refractivity contribution in [3.8, 4) is 0 Å². The highest BCUT2D eigenvalue weighted by molar-refractivity contribution is 7.80. The maximum atomic E-state index is 5.23. The Morgan fingerprint density at radius 2 is 1.10 bits per heavy atom. The fourth-order valence-electron chi connectivity index (χ4n) is 13.9. The first-order valence-electron chi connectivity index (χ1n) is 18.9. The fourth-order valence-corrected chi connectivity index (χ4v) is 14.3. The molecule has 13 atom stereocenters. The Hall–Kier alpha value is 0.350. The summed E-state index contributed by atoms with van der Waals surface area (Å²) in [5.41, 5.74) is 0. The minimum atomic E-state index is 0.691. The minimum Gasteiger partial charge on any atom is -0.176 e. The predicted octanol–water partition coefficient (Wildman–Crippen LogP) is 11.4. The second-order valence-electron chi connectivity index (χ2n) is 16.8. The van der Waals surface area contributed by atoms with Crippen LogP contribution in [0.2, 0.25) is 0 Å². The van der Waals surface area contributed by atoms with Gasteiger partial charge in [-0.1, -0.05) is 96.8 Å². The van der Waals surface area contributed by atoms with Gasteiger partial charge in [-0.2, -0.15) is 12.6 Å². The summed E-state index contributed by atoms with van der Waals surface area (Å²) >= 11 is 5.23. The summed E-state index contributed by atoms with van der Waals surface area (Å²) in [6.45, 7) is 2.75. The minimum absolute atomic E-state index is 0.691. The molecule has 0 heterocycles. The molecule has 222 valence electrons. The molecule has 0 bridgehead atoms. The van der Waals surface area contributed by atoms with Crippen LogP contribution in [0.3, 0.4) is 0 Å². The van der Waals surface area contributed by atoms with Gasteiger partial charge in [-0.25, -0.2) is 0 Å². The van der Waals surface area contributed by atoms with Gasteiger partial charge in [0.15, 0.2) is 0 Å². The third kappa shape index (κ3) is 5.57. The van der Waals surface area contributed by atoms with Crippen molar-refractivity contribution in [2.45, 2.75) is 160 Å². The molecule has 0 spiro atoms. The summed E-state index contributed by atoms with van der Waals surface area (Å²) in [6.07, 6.45) is 35.8. The monoisotopic (exact) mass is 552 g/mol. The lowest BCUT2D eigenvalue weighted by Crippen LogP contribution is -2.56. The Kier molecular flexibility index (Phi) is 9.04. The van der Waals surface area contributed by atoms with Crippen molar-refractivity contribution in [3.05, 3.63) is 0 Å². The quantitative estimate of drug-likeness (QED) is 0.322. The van der Waals surface area contributed by atoms with Crippen LogP contribution in [0, 0.1) is 76.9 Å². The number of rotatable bonds is 5. The molecule has 0 aromatic carbocycles. The maximum absolute atomic E-state index is 5.23. The zero-order valence-electron chi connectivity index (χ0n) is 25.8. The largest absolute Gasteiger partial charge is 0.176 e. The van der Waals surface area contributed by atoms with Crippen LogP contribution in [0.15, 0.2) is 0 Å². The number of fused-ring (bicyclic) bond motifs is 5. The van der Waals surface area contributed by atoms with Gasteiger partial charge in [-0.15, -0.1) is 0 Å². The first kappa shape index (κ1) is 28.1. The highest BCUT2D eigenvalue weighted by Gasteiger charge is 2.58. The molecule has 7 fully saturated rings. The molecule has 0 aromatic heterocycles. The van der Waals surface area contributed by atoms with Crippen LogP contribution in [0.4, 0.5) is 0 Å². The van der Waals surface area contributed by atoms with Gasteiger partial charge < -0.3 is 0 Å². The van der Waals surface area contributed by atoms with Gasteiger partial charge in [0.1, 0.15) is 0 Å². The first-order valence-corrected chi connectivity index (χ1v) is 19.4. The smallest absolute Gasteiger partial charge is 0.00197 e. The summed E-state index contributed by atoms with van der Waals surface area (Å²) in [4.78, 5) is 0. The molecule has 0 saturated heterocycles. The summed E-state index contributed by atoms with van der Waals surface area (Å²) in [5, 5.41) is 0.691. The van der Waals surface area contributed by atoms with Gasteiger partial charge >= 0.3 is 0 Å². The van der Waals surface area contributed by atoms with Crippen LogP contribution >= 0.6 is 12.6 Å². The molecule has 0 amide bonds. The third-order valence-corrected chi connectivity index (χ3v) is 15.7. The average molecular weight is 553 g/mol. The Bertz CT molecular complexity index is 784. The number of hydrogen-bond donors (Lipinski definition) is 1. The topological polar surface area (TPSA) is 0 Å². The van der Waals surface area contributed by atoms with E-state index in [9.17, 15) is 0 Å². The zero-order chi connectivity index (χ0) is 26.3. The summed E-state index contributed by atoms with van der Waals surface area (Å²) in [6, 6.07) is 0. The molecule has 1 heteroatoms. The molecular weight excluding hydrogens is 488 g/mol. The van der Waals surface area contributed by atoms with Crippen molar-refractivity contribution in [3.63, 3.8) is 0 Å². The van der Waals surface area contributed by atoms with Crippen LogP contribution in [0.25, 0.3) is 0 Å². The van der Waals surface area contributed by atoms with Gasteiger partial charge in [0.25, 0.3) is 0 Å². The Morgan fingerprint density at radius 1 is 0.513 bits per heavy atom. The normalized spacial score (nSPS) is 49.7. The van der Waals surface area contributed by atoms with Crippen LogP contribution < -0.4 is 0 Å². The average Bonchev–Trinajstić information content (AvgIpc) is 2.99. The molecular formula is C38H64S. The van der Waals surface area contributed by atoms with Crippen molar-refractivity contribution in [1.29, 1.82) is 0 Å². The zero-order valence-corrected chi connectivity index (χ0v) is 26.7. The van der Waals surface area contributed by atoms with Crippen LogP contribution in [0.5, 0.6) is 0 Å². The molecule has 7 rings (SSSR count). The van der Waals surface area contributed by atoms with Crippen molar-refractivity contribution in [2.75, 3.05) is 0 Å². The number of thiol groups is 1. The lowest BCUT2D eigenvalue weighted by molar-refractivity contribution is -0.139. The van der Waals surface area contributed by atoms with Crippen molar-refractivity contribution >= 4 is 12.6 Å². The van der Waals surface area contributed by atoms with Crippen LogP contribution in [-0.4, -0.2) is 5.25 Å². The van der Waals surface area contributed by atoms with Crippen molar-refractivity contribution < 1.29 is 0 Å². The summed E-state index contributed by atoms with van der Waals surface area (Å²) in [5.74, 6) is 13.9. The van der Waals surface area contributed by atoms with E-state index < -0.39 is 0 Å². The van der Waals surface area contributed by atoms with E-state index in [0.29, 0.717) is 5.25 Å². The summed E-state index contributed by atoms with van der Waals surface area (Å²) < 4.78 is 0. The SMILES string of the molecule is CC(CCC1CCCCC1)C1C2CCCCC2C(C2CC3CCCCC3C3CCCCC32)C2CCC(S)CC21. The second-order valence-corrected chi connectivity index (χ2v) is 17.6. The molecule has 0 radical (unpaired) electrons. The molecule has 39 heavy (non-hydrogen) atoms. The molecule has 0 aromatic rings. The Labute approximate surface area is 248 Å². The van der Waals surface area contributed by atoms with Gasteiger partial charge in [-0.05, 0) is 135 Å². The van der Waals surface area contributed by atoms with E-state index in [0.717, 1.165) is 76.9 Å². The highest BCUT2D eigenvalue weighted by Crippen LogP contribution is 2.65. The van der Waals surface area contributed by atoms with Gasteiger partial charge in [0, 0.05) is 5.25 Å². The van der Waals surface area contributed by atoms with Gasteiger partial charge in [0.2, 0.25) is 0 Å². The van der Waals surface area contributed by atoms with Crippen LogP contribution in [-0.2, 0) is 0 Å². The molecule has 7 saturated carbocycles. The van der Waals surface area contributed by atoms with E-state index in [1.54, 1.807) is 116 Å². The van der Waals surface area contributed by atoms with Crippen LogP contribution in [0.1, 0.15) is 155 Å². The van der Waals surface area contributed by atoms with Crippen molar-refractivity contribution in [1.82, 2.24) is 0 Å². The second kappa shape index (κ2) is 12.5. The lowest BCUT2D eigenvalue weighted by Gasteiger charge is -2.63. The van der Waals surface area contributed by atoms with Gasteiger partial charge in [0.05, 0.1) is 0 Å². The van der Waals surface area contributed by atoms with Crippen molar-refractivity contribution in [2.24, 2.45) is 76.9 Å². The lowest BCUT2D eigenvalue weighted by atomic mass is 9.42. The maximum Gasteiger partial charge on any atom is 0.00197 e. The Balaban J connectivity index is 1.17. The van der Waals surface area contributed by atoms with E-state index in [1.165, 1.54) is 32.1 Å². The van der Waals surface area contributed by atoms with E-state index in [4.69, 9.17) is 12.6 Å². The molecule has 0 N–H and O–H groups in total. The van der Waals surface area contributed by atoms with E-state index in [-0.39, 0.29) is 0 Å². The first-order chi connectivity index (χ1) is 19.2. The van der Waals surface area contributed by atoms with Gasteiger partial charge in [-0.3, -0.25) is 0 Å². The highest BCUT2D eigenvalue weighted by atomic mass is 32.1. The molecule has 7 aliphatic rings. The summed E-state index contributed by atoms with van der Waals surface area (Å²) in [7, 11) is 0. The molecule has 0 aliphatic heterocycles. The van der Waals surface area contributed by atoms with E-state index in [2.05, 4.69) is 6.92 Å². The standard InChI is InChI=1S/C38H64S/c1-25(19-20-26-11-3-2-4-12-26)37-32-17-9-10-18-33(32)38(34-22-21-28(39)24-36(34)37)35-23-27-13-5-6-14-29(27)30-15-7-8-16-31(30)35/h25-39H,2-24H2,1H3. The van der Waals surface area contributed by atoms with E-state index >= 15 is 0 Å².